The van der Waals surface area contributed by atoms with Crippen LogP contribution in [-0.2, 0) is 27.4 Å². The number of hydrogen-bond donors (Lipinski definition) is 2. The zero-order valence-corrected chi connectivity index (χ0v) is 14.2. The van der Waals surface area contributed by atoms with Crippen molar-refractivity contribution in [2.75, 3.05) is 6.54 Å². The van der Waals surface area contributed by atoms with Crippen LogP contribution in [-0.4, -0.2) is 24.5 Å². The molecule has 0 saturated heterocycles. The van der Waals surface area contributed by atoms with Gasteiger partial charge in [0.25, 0.3) is 0 Å². The maximum absolute atomic E-state index is 11.8. The van der Waals surface area contributed by atoms with Gasteiger partial charge in [-0.25, -0.2) is 0 Å². The van der Waals surface area contributed by atoms with Crippen LogP contribution in [0.3, 0.4) is 0 Å². The van der Waals surface area contributed by atoms with E-state index in [9.17, 15) is 9.59 Å². The van der Waals surface area contributed by atoms with Crippen molar-refractivity contribution < 1.29 is 14.3 Å². The Bertz CT molecular complexity index is 659. The van der Waals surface area contributed by atoms with Gasteiger partial charge >= 0.3 is 5.97 Å². The second-order valence-electron chi connectivity index (χ2n) is 5.82. The van der Waals surface area contributed by atoms with Crippen molar-refractivity contribution in [3.63, 3.8) is 0 Å². The first-order chi connectivity index (χ1) is 12.1. The summed E-state index contributed by atoms with van der Waals surface area (Å²) in [5.74, 6) is -0.594. The van der Waals surface area contributed by atoms with Crippen molar-refractivity contribution in [1.29, 1.82) is 0 Å². The van der Waals surface area contributed by atoms with Crippen LogP contribution in [0.4, 0.5) is 0 Å². The Hall–Kier alpha value is -2.66. The van der Waals surface area contributed by atoms with E-state index in [1.807, 2.05) is 60.7 Å². The van der Waals surface area contributed by atoms with Gasteiger partial charge in [-0.1, -0.05) is 60.7 Å². The first kappa shape index (κ1) is 18.7. The van der Waals surface area contributed by atoms with E-state index in [0.717, 1.165) is 12.0 Å². The van der Waals surface area contributed by atoms with Crippen molar-refractivity contribution in [3.8, 4) is 0 Å². The van der Waals surface area contributed by atoms with Crippen molar-refractivity contribution in [2.45, 2.75) is 31.9 Å². The molecule has 0 aromatic heterocycles. The summed E-state index contributed by atoms with van der Waals surface area (Å²) in [5.41, 5.74) is 7.87. The average molecular weight is 340 g/mol. The summed E-state index contributed by atoms with van der Waals surface area (Å²) in [7, 11) is 0. The maximum Gasteiger partial charge on any atom is 0.323 e. The Morgan fingerprint density at radius 2 is 1.56 bits per heavy atom. The molecule has 2 aromatic carbocycles. The lowest BCUT2D eigenvalue weighted by Gasteiger charge is -2.11. The van der Waals surface area contributed by atoms with E-state index < -0.39 is 12.0 Å². The zero-order chi connectivity index (χ0) is 17.9. The second-order valence-corrected chi connectivity index (χ2v) is 5.82. The van der Waals surface area contributed by atoms with Gasteiger partial charge in [-0.3, -0.25) is 9.59 Å². The average Bonchev–Trinajstić information content (AvgIpc) is 2.66. The highest BCUT2D eigenvalue weighted by Crippen LogP contribution is 2.04. The van der Waals surface area contributed by atoms with Gasteiger partial charge in [-0.15, -0.1) is 0 Å². The number of esters is 1. The summed E-state index contributed by atoms with van der Waals surface area (Å²) < 4.78 is 5.17. The summed E-state index contributed by atoms with van der Waals surface area (Å²) in [6.45, 7) is 0.757. The van der Waals surface area contributed by atoms with Crippen molar-refractivity contribution in [2.24, 2.45) is 5.73 Å². The molecule has 1 amide bonds. The van der Waals surface area contributed by atoms with Crippen LogP contribution < -0.4 is 11.1 Å². The molecule has 0 saturated carbocycles. The minimum absolute atomic E-state index is 0.109. The van der Waals surface area contributed by atoms with Crippen LogP contribution in [0.1, 0.15) is 24.0 Å². The SMILES string of the molecule is N[C@H](CCC(=O)NCCc1ccccc1)C(=O)OCc1ccccc1. The number of rotatable bonds is 9. The third kappa shape index (κ3) is 7.18. The molecule has 0 unspecified atom stereocenters. The molecule has 1 atom stereocenters. The molecule has 2 rings (SSSR count). The number of nitrogens with two attached hydrogens (primary N) is 1. The van der Waals surface area contributed by atoms with Gasteiger partial charge in [0, 0.05) is 13.0 Å². The number of hydrogen-bond acceptors (Lipinski definition) is 4. The van der Waals surface area contributed by atoms with Crippen LogP contribution in [0.5, 0.6) is 0 Å². The van der Waals surface area contributed by atoms with Crippen molar-refractivity contribution in [1.82, 2.24) is 5.32 Å². The lowest BCUT2D eigenvalue weighted by Crippen LogP contribution is -2.34. The molecule has 5 heteroatoms. The minimum Gasteiger partial charge on any atom is -0.460 e. The Morgan fingerprint density at radius 1 is 0.960 bits per heavy atom. The molecular weight excluding hydrogens is 316 g/mol. The molecular formula is C20H24N2O3. The van der Waals surface area contributed by atoms with Crippen LogP contribution in [0.2, 0.25) is 0 Å². The molecule has 0 bridgehead atoms. The molecule has 5 nitrogen and oxygen atoms in total. The lowest BCUT2D eigenvalue weighted by molar-refractivity contribution is -0.146. The number of amides is 1. The van der Waals surface area contributed by atoms with E-state index in [1.165, 1.54) is 5.56 Å². The summed E-state index contributed by atoms with van der Waals surface area (Å²) in [4.78, 5) is 23.7. The predicted molar refractivity (Wildman–Crippen MR) is 96.6 cm³/mol. The molecule has 0 aliphatic carbocycles. The van der Waals surface area contributed by atoms with Crippen LogP contribution in [0.15, 0.2) is 60.7 Å². The summed E-state index contributed by atoms with van der Waals surface area (Å²) in [6, 6.07) is 18.5. The number of ether oxygens (including phenoxy) is 1. The van der Waals surface area contributed by atoms with Crippen LogP contribution >= 0.6 is 0 Å². The van der Waals surface area contributed by atoms with E-state index in [-0.39, 0.29) is 25.4 Å². The van der Waals surface area contributed by atoms with Crippen molar-refractivity contribution in [3.05, 3.63) is 71.8 Å². The highest BCUT2D eigenvalue weighted by molar-refractivity contribution is 5.79. The van der Waals surface area contributed by atoms with E-state index in [0.29, 0.717) is 6.54 Å². The Kier molecular flexibility index (Phi) is 7.66. The summed E-state index contributed by atoms with van der Waals surface area (Å²) >= 11 is 0. The summed E-state index contributed by atoms with van der Waals surface area (Å²) in [5, 5.41) is 2.84. The number of benzene rings is 2. The molecule has 25 heavy (non-hydrogen) atoms. The number of nitrogens with one attached hydrogen (secondary N) is 1. The van der Waals surface area contributed by atoms with Crippen LogP contribution in [0.25, 0.3) is 0 Å². The molecule has 132 valence electrons. The zero-order valence-electron chi connectivity index (χ0n) is 14.2. The normalized spacial score (nSPS) is 11.6. The lowest BCUT2D eigenvalue weighted by atomic mass is 10.1. The molecule has 0 aliphatic heterocycles. The first-order valence-corrected chi connectivity index (χ1v) is 8.42. The topological polar surface area (TPSA) is 81.4 Å². The largest absolute Gasteiger partial charge is 0.460 e. The maximum atomic E-state index is 11.8. The summed E-state index contributed by atoms with van der Waals surface area (Å²) in [6.07, 6.45) is 1.25. The predicted octanol–water partition coefficient (Wildman–Crippen LogP) is 2.20. The molecule has 2 aromatic rings. The fourth-order valence-electron chi connectivity index (χ4n) is 2.32. The molecule has 0 radical (unpaired) electrons. The standard InChI is InChI=1S/C20H24N2O3/c21-18(20(24)25-15-17-9-5-2-6-10-17)11-12-19(23)22-14-13-16-7-3-1-4-8-16/h1-10,18H,11-15,21H2,(H,22,23)/t18-/m1/s1. The quantitative estimate of drug-likeness (QED) is 0.686. The third-order valence-corrected chi connectivity index (χ3v) is 3.79. The smallest absolute Gasteiger partial charge is 0.323 e. The van der Waals surface area contributed by atoms with Gasteiger partial charge in [0.05, 0.1) is 0 Å². The highest BCUT2D eigenvalue weighted by Gasteiger charge is 2.16. The molecule has 3 N–H and O–H groups in total. The van der Waals surface area contributed by atoms with E-state index in [4.69, 9.17) is 10.5 Å². The van der Waals surface area contributed by atoms with E-state index in [1.54, 1.807) is 0 Å². The Morgan fingerprint density at radius 3 is 2.20 bits per heavy atom. The van der Waals surface area contributed by atoms with Gasteiger partial charge in [-0.05, 0) is 24.0 Å². The monoisotopic (exact) mass is 340 g/mol. The second kappa shape index (κ2) is 10.3. The van der Waals surface area contributed by atoms with Gasteiger partial charge in [0.1, 0.15) is 12.6 Å². The Balaban J connectivity index is 1.60. The minimum atomic E-state index is -0.788. The number of carbonyl (C=O) groups is 2. The first-order valence-electron chi connectivity index (χ1n) is 8.42. The highest BCUT2D eigenvalue weighted by atomic mass is 16.5. The third-order valence-electron chi connectivity index (χ3n) is 3.79. The van der Waals surface area contributed by atoms with E-state index in [2.05, 4.69) is 5.32 Å². The molecule has 0 aliphatic rings. The molecule has 0 fully saturated rings. The van der Waals surface area contributed by atoms with Gasteiger partial charge in [0.15, 0.2) is 0 Å². The van der Waals surface area contributed by atoms with E-state index >= 15 is 0 Å². The van der Waals surface area contributed by atoms with Gasteiger partial charge in [0.2, 0.25) is 5.91 Å². The molecule has 0 spiro atoms. The van der Waals surface area contributed by atoms with Crippen LogP contribution in [0, 0.1) is 0 Å². The van der Waals surface area contributed by atoms with Gasteiger partial charge in [-0.2, -0.15) is 0 Å². The molecule has 0 heterocycles. The van der Waals surface area contributed by atoms with Crippen molar-refractivity contribution >= 4 is 11.9 Å². The fraction of sp³-hybridized carbons (Fsp3) is 0.300. The Labute approximate surface area is 148 Å². The fourth-order valence-corrected chi connectivity index (χ4v) is 2.32. The number of carbonyl (C=O) groups excluding carboxylic acids is 2. The van der Waals surface area contributed by atoms with Gasteiger partial charge < -0.3 is 15.8 Å².